The molecule has 0 spiro atoms. The molecule has 0 saturated carbocycles. The van der Waals surface area contributed by atoms with Gasteiger partial charge in [0.25, 0.3) is 0 Å². The van der Waals surface area contributed by atoms with E-state index in [1.165, 1.54) is 12.0 Å². The smallest absolute Gasteiger partial charge is 0.0497 e. The molecule has 1 aliphatic carbocycles. The van der Waals surface area contributed by atoms with Crippen molar-refractivity contribution >= 4 is 0 Å². The van der Waals surface area contributed by atoms with Crippen LogP contribution >= 0.6 is 0 Å². The molecule has 0 saturated heterocycles. The molecular weight excluding hydrogens is 296 g/mol. The Labute approximate surface area is 150 Å². The zero-order chi connectivity index (χ0) is 18.4. The molecular formula is C22H40O2. The summed E-state index contributed by atoms with van der Waals surface area (Å²) in [5.41, 5.74) is 3.65. The lowest BCUT2D eigenvalue weighted by molar-refractivity contribution is 0.0634. The third kappa shape index (κ3) is 6.37. The number of allylic oxidation sites excluding steroid dienone is 4. The molecule has 140 valence electrons. The van der Waals surface area contributed by atoms with Gasteiger partial charge < -0.3 is 9.47 Å². The van der Waals surface area contributed by atoms with E-state index in [4.69, 9.17) is 9.47 Å². The molecule has 2 nitrogen and oxygen atoms in total. The Hall–Kier alpha value is -0.600. The first-order chi connectivity index (χ1) is 11.1. The standard InChI is InChI=1S/C22H40O2/c1-17(21(2,3)4)10-9-13-22(5,6)20-12-11-18(15-23-7)19(14-20)16-24-8/h10,12,18-19H,9,11,13-16H2,1-8H3. The Morgan fingerprint density at radius 2 is 1.67 bits per heavy atom. The summed E-state index contributed by atoms with van der Waals surface area (Å²) in [4.78, 5) is 0. The van der Waals surface area contributed by atoms with E-state index in [1.54, 1.807) is 12.7 Å². The van der Waals surface area contributed by atoms with E-state index in [9.17, 15) is 0 Å². The SMILES string of the molecule is COCC1CC=C(C(C)(C)CCC=C(C)C(C)(C)C)CC1COC. The topological polar surface area (TPSA) is 18.5 Å². The first-order valence-electron chi connectivity index (χ1n) is 9.46. The van der Waals surface area contributed by atoms with Gasteiger partial charge in [0.1, 0.15) is 0 Å². The minimum atomic E-state index is 0.263. The molecule has 0 aromatic carbocycles. The third-order valence-corrected chi connectivity index (χ3v) is 5.85. The number of ether oxygens (including phenoxy) is 2. The fraction of sp³-hybridized carbons (Fsp3) is 0.818. The quantitative estimate of drug-likeness (QED) is 0.504. The average Bonchev–Trinajstić information content (AvgIpc) is 2.48. The number of rotatable bonds is 8. The maximum absolute atomic E-state index is 5.48. The summed E-state index contributed by atoms with van der Waals surface area (Å²) in [5.74, 6) is 1.18. The van der Waals surface area contributed by atoms with Crippen molar-refractivity contribution in [3.8, 4) is 0 Å². The second-order valence-corrected chi connectivity index (χ2v) is 9.16. The Morgan fingerprint density at radius 1 is 1.08 bits per heavy atom. The molecule has 0 aliphatic heterocycles. The maximum Gasteiger partial charge on any atom is 0.0497 e. The summed E-state index contributed by atoms with van der Waals surface area (Å²) in [7, 11) is 3.62. The van der Waals surface area contributed by atoms with Crippen LogP contribution in [0.15, 0.2) is 23.3 Å². The van der Waals surface area contributed by atoms with Gasteiger partial charge >= 0.3 is 0 Å². The summed E-state index contributed by atoms with van der Waals surface area (Å²) >= 11 is 0. The van der Waals surface area contributed by atoms with Crippen molar-refractivity contribution in [2.45, 2.75) is 67.2 Å². The first-order valence-corrected chi connectivity index (χ1v) is 9.46. The highest BCUT2D eigenvalue weighted by Crippen LogP contribution is 2.42. The molecule has 0 heterocycles. The molecule has 2 unspecified atom stereocenters. The van der Waals surface area contributed by atoms with Crippen LogP contribution in [0, 0.1) is 22.7 Å². The number of hydrogen-bond acceptors (Lipinski definition) is 2. The van der Waals surface area contributed by atoms with E-state index in [2.05, 4.69) is 53.7 Å². The van der Waals surface area contributed by atoms with Crippen LogP contribution in [0.2, 0.25) is 0 Å². The van der Waals surface area contributed by atoms with Crippen LogP contribution in [0.25, 0.3) is 0 Å². The average molecular weight is 337 g/mol. The van der Waals surface area contributed by atoms with Crippen LogP contribution in [-0.4, -0.2) is 27.4 Å². The first kappa shape index (κ1) is 21.4. The Balaban J connectivity index is 2.72. The zero-order valence-corrected chi connectivity index (χ0v) is 17.4. The molecule has 2 atom stereocenters. The number of hydrogen-bond donors (Lipinski definition) is 0. The predicted molar refractivity (Wildman–Crippen MR) is 104 cm³/mol. The van der Waals surface area contributed by atoms with E-state index in [0.29, 0.717) is 11.8 Å². The second-order valence-electron chi connectivity index (χ2n) is 9.16. The van der Waals surface area contributed by atoms with Gasteiger partial charge in [-0.2, -0.15) is 0 Å². The van der Waals surface area contributed by atoms with Gasteiger partial charge in [-0.25, -0.2) is 0 Å². The summed E-state index contributed by atoms with van der Waals surface area (Å²) in [5, 5.41) is 0. The van der Waals surface area contributed by atoms with Crippen molar-refractivity contribution in [3.05, 3.63) is 23.3 Å². The molecule has 24 heavy (non-hydrogen) atoms. The molecule has 1 aliphatic rings. The normalized spacial score (nSPS) is 23.3. The lowest BCUT2D eigenvalue weighted by atomic mass is 9.70. The molecule has 0 N–H and O–H groups in total. The third-order valence-electron chi connectivity index (χ3n) is 5.85. The highest BCUT2D eigenvalue weighted by Gasteiger charge is 2.32. The lowest BCUT2D eigenvalue weighted by Crippen LogP contribution is -2.30. The highest BCUT2D eigenvalue weighted by atomic mass is 16.5. The van der Waals surface area contributed by atoms with E-state index < -0.39 is 0 Å². The predicted octanol–water partition coefficient (Wildman–Crippen LogP) is 6.03. The maximum atomic E-state index is 5.48. The Morgan fingerprint density at radius 3 is 2.21 bits per heavy atom. The molecule has 0 fully saturated rings. The highest BCUT2D eigenvalue weighted by molar-refractivity contribution is 5.17. The van der Waals surface area contributed by atoms with Crippen LogP contribution in [0.3, 0.4) is 0 Å². The van der Waals surface area contributed by atoms with E-state index >= 15 is 0 Å². The van der Waals surface area contributed by atoms with Gasteiger partial charge in [-0.05, 0) is 55.3 Å². The summed E-state index contributed by atoms with van der Waals surface area (Å²) in [6.45, 7) is 15.6. The fourth-order valence-electron chi connectivity index (χ4n) is 3.51. The molecule has 1 rings (SSSR count). The fourth-order valence-corrected chi connectivity index (χ4v) is 3.51. The van der Waals surface area contributed by atoms with E-state index in [0.717, 1.165) is 32.5 Å². The lowest BCUT2D eigenvalue weighted by Gasteiger charge is -2.37. The summed E-state index contributed by atoms with van der Waals surface area (Å²) in [6.07, 6.45) is 9.56. The van der Waals surface area contributed by atoms with Crippen molar-refractivity contribution < 1.29 is 9.47 Å². The van der Waals surface area contributed by atoms with Crippen LogP contribution in [-0.2, 0) is 9.47 Å². The van der Waals surface area contributed by atoms with Crippen LogP contribution < -0.4 is 0 Å². The van der Waals surface area contributed by atoms with Crippen molar-refractivity contribution in [2.75, 3.05) is 27.4 Å². The van der Waals surface area contributed by atoms with Gasteiger partial charge in [0.2, 0.25) is 0 Å². The summed E-state index contributed by atoms with van der Waals surface area (Å²) in [6, 6.07) is 0. The van der Waals surface area contributed by atoms with Gasteiger partial charge in [0.05, 0.1) is 0 Å². The van der Waals surface area contributed by atoms with E-state index in [1.807, 2.05) is 7.11 Å². The number of methoxy groups -OCH3 is 2. The van der Waals surface area contributed by atoms with Crippen molar-refractivity contribution in [1.29, 1.82) is 0 Å². The van der Waals surface area contributed by atoms with Crippen molar-refractivity contribution in [1.82, 2.24) is 0 Å². The van der Waals surface area contributed by atoms with Gasteiger partial charge in [-0.1, -0.05) is 57.9 Å². The largest absolute Gasteiger partial charge is 0.384 e. The van der Waals surface area contributed by atoms with Gasteiger partial charge in [-0.3, -0.25) is 0 Å². The van der Waals surface area contributed by atoms with Crippen LogP contribution in [0.1, 0.15) is 67.2 Å². The van der Waals surface area contributed by atoms with Crippen molar-refractivity contribution in [3.63, 3.8) is 0 Å². The monoisotopic (exact) mass is 336 g/mol. The minimum absolute atomic E-state index is 0.263. The van der Waals surface area contributed by atoms with E-state index in [-0.39, 0.29) is 10.8 Å². The molecule has 0 aromatic rings. The van der Waals surface area contributed by atoms with Gasteiger partial charge in [0.15, 0.2) is 0 Å². The molecule has 2 heteroatoms. The minimum Gasteiger partial charge on any atom is -0.384 e. The van der Waals surface area contributed by atoms with Crippen molar-refractivity contribution in [2.24, 2.45) is 22.7 Å². The second kappa shape index (κ2) is 9.20. The Kier molecular flexibility index (Phi) is 8.22. The summed E-state index contributed by atoms with van der Waals surface area (Å²) < 4.78 is 10.9. The zero-order valence-electron chi connectivity index (χ0n) is 17.4. The van der Waals surface area contributed by atoms with Crippen LogP contribution in [0.4, 0.5) is 0 Å². The van der Waals surface area contributed by atoms with Gasteiger partial charge in [-0.15, -0.1) is 0 Å². The molecule has 0 radical (unpaired) electrons. The molecule has 0 bridgehead atoms. The molecule has 0 amide bonds. The Bertz CT molecular complexity index is 437. The van der Waals surface area contributed by atoms with Crippen LogP contribution in [0.5, 0.6) is 0 Å². The van der Waals surface area contributed by atoms with Gasteiger partial charge in [0, 0.05) is 27.4 Å². The molecule has 0 aromatic heterocycles.